The number of nitrogen functional groups attached to an aromatic ring is 1. The molecule has 0 aliphatic rings. The van der Waals surface area contributed by atoms with Gasteiger partial charge in [-0.3, -0.25) is 9.78 Å². The number of nitrogens with zero attached hydrogens (tertiary/aromatic N) is 1. The summed E-state index contributed by atoms with van der Waals surface area (Å²) in [4.78, 5) is 16.3. The van der Waals surface area contributed by atoms with Gasteiger partial charge >= 0.3 is 0 Å². The van der Waals surface area contributed by atoms with Crippen molar-refractivity contribution in [2.24, 2.45) is 0 Å². The number of pyridine rings is 1. The molecule has 0 saturated heterocycles. The van der Waals surface area contributed by atoms with Crippen LogP contribution in [-0.2, 0) is 6.42 Å². The molecule has 4 nitrogen and oxygen atoms in total. The highest BCUT2D eigenvalue weighted by Gasteiger charge is 2.13. The summed E-state index contributed by atoms with van der Waals surface area (Å²) in [6, 6.07) is 12.0. The van der Waals surface area contributed by atoms with E-state index in [4.69, 9.17) is 5.73 Å². The van der Waals surface area contributed by atoms with Crippen LogP contribution in [0.15, 0.2) is 42.6 Å². The van der Waals surface area contributed by atoms with Gasteiger partial charge < -0.3 is 11.1 Å². The van der Waals surface area contributed by atoms with Crippen molar-refractivity contribution in [2.75, 3.05) is 5.73 Å². The van der Waals surface area contributed by atoms with Crippen molar-refractivity contribution in [1.29, 1.82) is 0 Å². The third-order valence-electron chi connectivity index (χ3n) is 3.40. The molecule has 0 bridgehead atoms. The lowest BCUT2D eigenvalue weighted by Crippen LogP contribution is -2.33. The molecule has 1 heterocycles. The fraction of sp³-hybridized carbons (Fsp3) is 0.294. The van der Waals surface area contributed by atoms with E-state index in [-0.39, 0.29) is 11.9 Å². The van der Waals surface area contributed by atoms with Crippen LogP contribution >= 0.6 is 0 Å². The SMILES string of the molecule is Cc1cc(N)c(C(=O)NC(C)CCc2ccccc2)cn1. The van der Waals surface area contributed by atoms with Gasteiger partial charge in [0.25, 0.3) is 5.91 Å². The highest BCUT2D eigenvalue weighted by Crippen LogP contribution is 2.12. The van der Waals surface area contributed by atoms with Gasteiger partial charge in [0.05, 0.1) is 5.56 Å². The molecule has 1 aromatic carbocycles. The topological polar surface area (TPSA) is 68.0 Å². The summed E-state index contributed by atoms with van der Waals surface area (Å²) < 4.78 is 0. The largest absolute Gasteiger partial charge is 0.398 e. The monoisotopic (exact) mass is 283 g/mol. The lowest BCUT2D eigenvalue weighted by molar-refractivity contribution is 0.0939. The molecule has 21 heavy (non-hydrogen) atoms. The van der Waals surface area contributed by atoms with Crippen molar-refractivity contribution in [3.63, 3.8) is 0 Å². The van der Waals surface area contributed by atoms with Crippen molar-refractivity contribution in [2.45, 2.75) is 32.7 Å². The maximum Gasteiger partial charge on any atom is 0.255 e. The molecule has 0 aliphatic carbocycles. The zero-order valence-electron chi connectivity index (χ0n) is 12.5. The number of anilines is 1. The molecule has 1 aromatic heterocycles. The second-order valence-corrected chi connectivity index (χ2v) is 5.31. The van der Waals surface area contributed by atoms with Crippen LogP contribution in [0.25, 0.3) is 0 Å². The third-order valence-corrected chi connectivity index (χ3v) is 3.40. The van der Waals surface area contributed by atoms with E-state index < -0.39 is 0 Å². The molecule has 0 aliphatic heterocycles. The lowest BCUT2D eigenvalue weighted by atomic mass is 10.1. The Balaban J connectivity index is 1.90. The minimum atomic E-state index is -0.166. The molecule has 0 spiro atoms. The molecular weight excluding hydrogens is 262 g/mol. The summed E-state index contributed by atoms with van der Waals surface area (Å²) in [5.74, 6) is -0.166. The number of aryl methyl sites for hydroxylation is 2. The van der Waals surface area contributed by atoms with Crippen LogP contribution in [0, 0.1) is 6.92 Å². The predicted molar refractivity (Wildman–Crippen MR) is 85.1 cm³/mol. The number of carbonyl (C=O) groups is 1. The van der Waals surface area contributed by atoms with E-state index in [1.807, 2.05) is 32.0 Å². The zero-order chi connectivity index (χ0) is 15.2. The van der Waals surface area contributed by atoms with E-state index in [2.05, 4.69) is 22.4 Å². The maximum absolute atomic E-state index is 12.2. The Morgan fingerprint density at radius 3 is 2.71 bits per heavy atom. The first-order chi connectivity index (χ1) is 10.1. The van der Waals surface area contributed by atoms with Crippen LogP contribution < -0.4 is 11.1 Å². The number of hydrogen-bond donors (Lipinski definition) is 2. The van der Waals surface area contributed by atoms with Gasteiger partial charge in [-0.05, 0) is 38.3 Å². The molecule has 1 amide bonds. The van der Waals surface area contributed by atoms with E-state index in [1.54, 1.807) is 6.07 Å². The second-order valence-electron chi connectivity index (χ2n) is 5.31. The van der Waals surface area contributed by atoms with E-state index in [0.717, 1.165) is 18.5 Å². The number of benzene rings is 1. The van der Waals surface area contributed by atoms with Gasteiger partial charge in [0.15, 0.2) is 0 Å². The van der Waals surface area contributed by atoms with Gasteiger partial charge in [-0.25, -0.2) is 0 Å². The summed E-state index contributed by atoms with van der Waals surface area (Å²) >= 11 is 0. The minimum absolute atomic E-state index is 0.0819. The number of carbonyl (C=O) groups excluding carboxylic acids is 1. The first kappa shape index (κ1) is 15.0. The average molecular weight is 283 g/mol. The second kappa shape index (κ2) is 6.88. The summed E-state index contributed by atoms with van der Waals surface area (Å²) in [7, 11) is 0. The van der Waals surface area contributed by atoms with Crippen LogP contribution in [0.5, 0.6) is 0 Å². The standard InChI is InChI=1S/C17H21N3O/c1-12(8-9-14-6-4-3-5-7-14)20-17(21)15-11-19-13(2)10-16(15)18/h3-7,10-12H,8-9H2,1-2H3,(H2,18,19)(H,20,21). The van der Waals surface area contributed by atoms with Gasteiger partial charge in [0.1, 0.15) is 0 Å². The number of rotatable bonds is 5. The molecule has 0 fully saturated rings. The third kappa shape index (κ3) is 4.31. The maximum atomic E-state index is 12.2. The summed E-state index contributed by atoms with van der Waals surface area (Å²) in [5, 5.41) is 2.97. The van der Waals surface area contributed by atoms with Crippen LogP contribution in [0.2, 0.25) is 0 Å². The first-order valence-electron chi connectivity index (χ1n) is 7.13. The number of amides is 1. The van der Waals surface area contributed by atoms with Crippen molar-refractivity contribution in [1.82, 2.24) is 10.3 Å². The van der Waals surface area contributed by atoms with Crippen LogP contribution in [-0.4, -0.2) is 16.9 Å². The normalized spacial score (nSPS) is 11.9. The summed E-state index contributed by atoms with van der Waals surface area (Å²) in [5.41, 5.74) is 8.85. The lowest BCUT2D eigenvalue weighted by Gasteiger charge is -2.14. The van der Waals surface area contributed by atoms with E-state index >= 15 is 0 Å². The highest BCUT2D eigenvalue weighted by atomic mass is 16.1. The van der Waals surface area contributed by atoms with E-state index in [0.29, 0.717) is 11.3 Å². The molecule has 1 atom stereocenters. The summed E-state index contributed by atoms with van der Waals surface area (Å²) in [6.07, 6.45) is 3.35. The minimum Gasteiger partial charge on any atom is -0.398 e. The Morgan fingerprint density at radius 1 is 1.33 bits per heavy atom. The Morgan fingerprint density at radius 2 is 2.05 bits per heavy atom. The van der Waals surface area contributed by atoms with Crippen molar-refractivity contribution in [3.8, 4) is 0 Å². The molecule has 110 valence electrons. The van der Waals surface area contributed by atoms with Crippen molar-refractivity contribution < 1.29 is 4.79 Å². The van der Waals surface area contributed by atoms with E-state index in [9.17, 15) is 4.79 Å². The van der Waals surface area contributed by atoms with Gasteiger partial charge in [0, 0.05) is 23.6 Å². The number of hydrogen-bond acceptors (Lipinski definition) is 3. The van der Waals surface area contributed by atoms with Crippen LogP contribution in [0.3, 0.4) is 0 Å². The Labute approximate surface area is 125 Å². The predicted octanol–water partition coefficient (Wildman–Crippen LogP) is 2.72. The molecule has 4 heteroatoms. The number of nitrogens with one attached hydrogen (secondary N) is 1. The smallest absolute Gasteiger partial charge is 0.255 e. The zero-order valence-corrected chi connectivity index (χ0v) is 12.5. The molecule has 3 N–H and O–H groups in total. The fourth-order valence-corrected chi connectivity index (χ4v) is 2.17. The summed E-state index contributed by atoms with van der Waals surface area (Å²) in [6.45, 7) is 3.85. The van der Waals surface area contributed by atoms with Gasteiger partial charge in [-0.15, -0.1) is 0 Å². The molecule has 0 saturated carbocycles. The Hall–Kier alpha value is -2.36. The van der Waals surface area contributed by atoms with Crippen molar-refractivity contribution >= 4 is 11.6 Å². The van der Waals surface area contributed by atoms with Crippen molar-refractivity contribution in [3.05, 3.63) is 59.4 Å². The van der Waals surface area contributed by atoms with Gasteiger partial charge in [-0.2, -0.15) is 0 Å². The molecule has 2 aromatic rings. The molecule has 0 radical (unpaired) electrons. The Kier molecular flexibility index (Phi) is 4.93. The molecule has 2 rings (SSSR count). The van der Waals surface area contributed by atoms with Gasteiger partial charge in [-0.1, -0.05) is 30.3 Å². The van der Waals surface area contributed by atoms with E-state index in [1.165, 1.54) is 11.8 Å². The average Bonchev–Trinajstić information content (AvgIpc) is 2.46. The molecular formula is C17H21N3O. The Bertz CT molecular complexity index is 611. The van der Waals surface area contributed by atoms with Crippen LogP contribution in [0.1, 0.15) is 35.0 Å². The van der Waals surface area contributed by atoms with Crippen LogP contribution in [0.4, 0.5) is 5.69 Å². The quantitative estimate of drug-likeness (QED) is 0.886. The first-order valence-corrected chi connectivity index (χ1v) is 7.13. The number of aromatic nitrogens is 1. The fourth-order valence-electron chi connectivity index (χ4n) is 2.17. The highest BCUT2D eigenvalue weighted by molar-refractivity contribution is 5.98. The van der Waals surface area contributed by atoms with Gasteiger partial charge in [0.2, 0.25) is 0 Å². The number of nitrogens with two attached hydrogens (primary N) is 1. The molecule has 1 unspecified atom stereocenters.